The summed E-state index contributed by atoms with van der Waals surface area (Å²) in [4.78, 5) is 16.0. The Bertz CT molecular complexity index is 508. The molecule has 0 spiro atoms. The molecule has 0 aliphatic carbocycles. The number of likely N-dealkylation sites (tertiary alicyclic amines) is 1. The van der Waals surface area contributed by atoms with Gasteiger partial charge >= 0.3 is 6.03 Å². The van der Waals surface area contributed by atoms with Gasteiger partial charge in [0.25, 0.3) is 0 Å². The van der Waals surface area contributed by atoms with Crippen LogP contribution in [0.15, 0.2) is 24.3 Å². The standard InChI is InChI=1S/C17H27N3O3/c1-4-22-15-7-5-6-8-16(15)23-14-9-11-20(13-14)17(21)18-10-12-19(2)3/h5-8,14H,4,9-13H2,1-3H3,(H,18,21). The summed E-state index contributed by atoms with van der Waals surface area (Å²) in [5, 5.41) is 2.94. The fourth-order valence-electron chi connectivity index (χ4n) is 2.51. The van der Waals surface area contributed by atoms with Crippen molar-refractivity contribution in [1.29, 1.82) is 0 Å². The van der Waals surface area contributed by atoms with Crippen LogP contribution in [0.4, 0.5) is 4.79 Å². The monoisotopic (exact) mass is 321 g/mol. The topological polar surface area (TPSA) is 54.0 Å². The van der Waals surface area contributed by atoms with Gasteiger partial charge in [0, 0.05) is 26.1 Å². The van der Waals surface area contributed by atoms with Crippen molar-refractivity contribution in [2.45, 2.75) is 19.4 Å². The van der Waals surface area contributed by atoms with Crippen molar-refractivity contribution < 1.29 is 14.3 Å². The maximum atomic E-state index is 12.1. The van der Waals surface area contributed by atoms with Crippen LogP contribution in [0, 0.1) is 0 Å². The van der Waals surface area contributed by atoms with Gasteiger partial charge in [0.05, 0.1) is 13.2 Å². The first-order valence-corrected chi connectivity index (χ1v) is 8.16. The van der Waals surface area contributed by atoms with Crippen LogP contribution in [-0.4, -0.2) is 68.8 Å². The molecule has 1 aromatic carbocycles. The lowest BCUT2D eigenvalue weighted by Crippen LogP contribution is -2.41. The molecule has 2 amide bonds. The Morgan fingerprint density at radius 2 is 2.09 bits per heavy atom. The fourth-order valence-corrected chi connectivity index (χ4v) is 2.51. The summed E-state index contributed by atoms with van der Waals surface area (Å²) in [6.45, 7) is 5.36. The number of nitrogens with one attached hydrogen (secondary N) is 1. The van der Waals surface area contributed by atoms with E-state index >= 15 is 0 Å². The van der Waals surface area contributed by atoms with Gasteiger partial charge in [-0.1, -0.05) is 12.1 Å². The van der Waals surface area contributed by atoms with Gasteiger partial charge in [-0.25, -0.2) is 4.79 Å². The average molecular weight is 321 g/mol. The number of para-hydroxylation sites is 2. The third-order valence-electron chi connectivity index (χ3n) is 3.71. The molecule has 1 heterocycles. The summed E-state index contributed by atoms with van der Waals surface area (Å²) in [7, 11) is 3.98. The minimum Gasteiger partial charge on any atom is -0.490 e. The van der Waals surface area contributed by atoms with Crippen LogP contribution < -0.4 is 14.8 Å². The van der Waals surface area contributed by atoms with E-state index in [0.717, 1.165) is 31.0 Å². The lowest BCUT2D eigenvalue weighted by atomic mass is 10.3. The van der Waals surface area contributed by atoms with E-state index < -0.39 is 0 Å². The minimum absolute atomic E-state index is 0.0104. The van der Waals surface area contributed by atoms with E-state index in [9.17, 15) is 4.79 Å². The average Bonchev–Trinajstić information content (AvgIpc) is 2.98. The largest absolute Gasteiger partial charge is 0.490 e. The molecular formula is C17H27N3O3. The van der Waals surface area contributed by atoms with Gasteiger partial charge in [-0.3, -0.25) is 0 Å². The first kappa shape index (κ1) is 17.4. The Balaban J connectivity index is 1.82. The number of benzene rings is 1. The Morgan fingerprint density at radius 3 is 2.78 bits per heavy atom. The molecule has 1 aromatic rings. The maximum absolute atomic E-state index is 12.1. The SMILES string of the molecule is CCOc1ccccc1OC1CCN(C(=O)NCCN(C)C)C1. The van der Waals surface area contributed by atoms with E-state index in [1.807, 2.05) is 55.1 Å². The highest BCUT2D eigenvalue weighted by atomic mass is 16.5. The minimum atomic E-state index is -0.0176. The van der Waals surface area contributed by atoms with Gasteiger partial charge in [0.15, 0.2) is 11.5 Å². The van der Waals surface area contributed by atoms with Crippen molar-refractivity contribution in [3.05, 3.63) is 24.3 Å². The molecule has 23 heavy (non-hydrogen) atoms. The third-order valence-corrected chi connectivity index (χ3v) is 3.71. The predicted octanol–water partition coefficient (Wildman–Crippen LogP) is 1.81. The van der Waals surface area contributed by atoms with Crippen molar-refractivity contribution in [2.24, 2.45) is 0 Å². The zero-order valence-electron chi connectivity index (χ0n) is 14.2. The quantitative estimate of drug-likeness (QED) is 0.832. The number of hydrogen-bond acceptors (Lipinski definition) is 4. The number of likely N-dealkylation sites (N-methyl/N-ethyl adjacent to an activating group) is 1. The van der Waals surface area contributed by atoms with Gasteiger partial charge in [0.1, 0.15) is 6.10 Å². The van der Waals surface area contributed by atoms with Crippen LogP contribution in [0.1, 0.15) is 13.3 Å². The van der Waals surface area contributed by atoms with Gasteiger partial charge in [-0.2, -0.15) is 0 Å². The highest BCUT2D eigenvalue weighted by Crippen LogP contribution is 2.29. The second kappa shape index (κ2) is 8.62. The van der Waals surface area contributed by atoms with Crippen LogP contribution in [0.2, 0.25) is 0 Å². The van der Waals surface area contributed by atoms with E-state index in [4.69, 9.17) is 9.47 Å². The predicted molar refractivity (Wildman–Crippen MR) is 90.2 cm³/mol. The molecular weight excluding hydrogens is 294 g/mol. The first-order chi connectivity index (χ1) is 11.1. The molecule has 1 N–H and O–H groups in total. The van der Waals surface area contributed by atoms with Gasteiger partial charge in [0.2, 0.25) is 0 Å². The maximum Gasteiger partial charge on any atom is 0.317 e. The molecule has 1 unspecified atom stereocenters. The number of amides is 2. The Hall–Kier alpha value is -1.95. The molecule has 0 saturated carbocycles. The van der Waals surface area contributed by atoms with E-state index in [1.54, 1.807) is 0 Å². The number of rotatable bonds is 7. The van der Waals surface area contributed by atoms with Crippen LogP contribution in [-0.2, 0) is 0 Å². The summed E-state index contributed by atoms with van der Waals surface area (Å²) >= 11 is 0. The zero-order chi connectivity index (χ0) is 16.7. The number of nitrogens with zero attached hydrogens (tertiary/aromatic N) is 2. The first-order valence-electron chi connectivity index (χ1n) is 8.16. The van der Waals surface area contributed by atoms with Crippen LogP contribution in [0.25, 0.3) is 0 Å². The lowest BCUT2D eigenvalue weighted by molar-refractivity contribution is 0.181. The summed E-state index contributed by atoms with van der Waals surface area (Å²) in [6, 6.07) is 7.65. The van der Waals surface area contributed by atoms with Crippen LogP contribution in [0.5, 0.6) is 11.5 Å². The summed E-state index contributed by atoms with van der Waals surface area (Å²) in [5.41, 5.74) is 0. The van der Waals surface area contributed by atoms with Gasteiger partial charge in [-0.05, 0) is 33.2 Å². The lowest BCUT2D eigenvalue weighted by Gasteiger charge is -2.19. The fraction of sp³-hybridized carbons (Fsp3) is 0.588. The third kappa shape index (κ3) is 5.32. The summed E-state index contributed by atoms with van der Waals surface area (Å²) in [5.74, 6) is 1.50. The molecule has 0 radical (unpaired) electrons. The van der Waals surface area contributed by atoms with Gasteiger partial charge < -0.3 is 24.6 Å². The van der Waals surface area contributed by atoms with Crippen LogP contribution in [0.3, 0.4) is 0 Å². The highest BCUT2D eigenvalue weighted by molar-refractivity contribution is 5.74. The summed E-state index contributed by atoms with van der Waals surface area (Å²) < 4.78 is 11.6. The van der Waals surface area contributed by atoms with Crippen molar-refractivity contribution >= 4 is 6.03 Å². The van der Waals surface area contributed by atoms with Crippen molar-refractivity contribution in [3.63, 3.8) is 0 Å². The van der Waals surface area contributed by atoms with Crippen molar-refractivity contribution in [1.82, 2.24) is 15.1 Å². The van der Waals surface area contributed by atoms with E-state index in [0.29, 0.717) is 19.7 Å². The zero-order valence-corrected chi connectivity index (χ0v) is 14.2. The Morgan fingerprint density at radius 1 is 1.35 bits per heavy atom. The number of carbonyl (C=O) groups excluding carboxylic acids is 1. The molecule has 2 rings (SSSR count). The van der Waals surface area contributed by atoms with E-state index in [2.05, 4.69) is 5.32 Å². The normalized spacial score (nSPS) is 17.4. The molecule has 1 aliphatic rings. The van der Waals surface area contributed by atoms with E-state index in [1.165, 1.54) is 0 Å². The Labute approximate surface area is 138 Å². The van der Waals surface area contributed by atoms with Crippen molar-refractivity contribution in [3.8, 4) is 11.5 Å². The summed E-state index contributed by atoms with van der Waals surface area (Å²) in [6.07, 6.45) is 0.845. The molecule has 1 fully saturated rings. The number of urea groups is 1. The smallest absolute Gasteiger partial charge is 0.317 e. The molecule has 1 aliphatic heterocycles. The molecule has 6 nitrogen and oxygen atoms in total. The van der Waals surface area contributed by atoms with Gasteiger partial charge in [-0.15, -0.1) is 0 Å². The molecule has 0 bridgehead atoms. The number of ether oxygens (including phenoxy) is 2. The highest BCUT2D eigenvalue weighted by Gasteiger charge is 2.28. The molecule has 128 valence electrons. The molecule has 6 heteroatoms. The van der Waals surface area contributed by atoms with E-state index in [-0.39, 0.29) is 12.1 Å². The number of hydrogen-bond donors (Lipinski definition) is 1. The molecule has 1 saturated heterocycles. The second-order valence-electron chi connectivity index (χ2n) is 5.89. The number of carbonyl (C=O) groups is 1. The molecule has 1 atom stereocenters. The Kier molecular flexibility index (Phi) is 6.52. The second-order valence-corrected chi connectivity index (χ2v) is 5.89. The molecule has 0 aromatic heterocycles. The van der Waals surface area contributed by atoms with Crippen LogP contribution >= 0.6 is 0 Å². The van der Waals surface area contributed by atoms with Crippen molar-refractivity contribution in [2.75, 3.05) is 46.9 Å².